The van der Waals surface area contributed by atoms with E-state index in [1.165, 1.54) is 5.46 Å². The minimum absolute atomic E-state index is 0.120. The molecule has 1 rings (SSSR count). The van der Waals surface area contributed by atoms with Crippen LogP contribution in [0, 0.1) is 0 Å². The van der Waals surface area contributed by atoms with Gasteiger partial charge in [0.25, 0.3) is 0 Å². The third-order valence-corrected chi connectivity index (χ3v) is 1.95. The third-order valence-electron chi connectivity index (χ3n) is 1.95. The molecule has 4 heteroatoms. The molecule has 3 nitrogen and oxygen atoms in total. The van der Waals surface area contributed by atoms with Gasteiger partial charge in [-0.1, -0.05) is 18.4 Å². The highest BCUT2D eigenvalue weighted by atomic mass is 16.3. The lowest BCUT2D eigenvalue weighted by atomic mass is 9.73. The number of anilines is 2. The summed E-state index contributed by atoms with van der Waals surface area (Å²) in [6, 6.07) is 5.94. The van der Waals surface area contributed by atoms with Crippen LogP contribution >= 0.6 is 0 Å². The quantitative estimate of drug-likeness (QED) is 0.441. The molecular weight excluding hydrogens is 163 g/mol. The Morgan fingerprint density at radius 1 is 1.54 bits per heavy atom. The summed E-state index contributed by atoms with van der Waals surface area (Å²) in [4.78, 5) is 0. The van der Waals surface area contributed by atoms with E-state index in [0.717, 1.165) is 18.7 Å². The van der Waals surface area contributed by atoms with Gasteiger partial charge >= 0.3 is 0 Å². The molecular formula is C9H15BN2O. The van der Waals surface area contributed by atoms with E-state index in [1.54, 1.807) is 0 Å². The summed E-state index contributed by atoms with van der Waals surface area (Å²) in [7, 11) is 0.991. The molecule has 1 aromatic rings. The number of aliphatic hydroxyl groups excluding tert-OH is 1. The molecule has 0 spiro atoms. The van der Waals surface area contributed by atoms with E-state index in [2.05, 4.69) is 12.1 Å². The van der Waals surface area contributed by atoms with Gasteiger partial charge < -0.3 is 16.2 Å². The molecule has 0 heterocycles. The van der Waals surface area contributed by atoms with Crippen LogP contribution in [0.5, 0.6) is 0 Å². The molecule has 0 unspecified atom stereocenters. The van der Waals surface area contributed by atoms with Crippen molar-refractivity contribution >= 4 is 24.1 Å². The number of rotatable bonds is 4. The van der Waals surface area contributed by atoms with Crippen LogP contribution in [-0.4, -0.2) is 25.5 Å². The van der Waals surface area contributed by atoms with Crippen LogP contribution in [0.25, 0.3) is 0 Å². The van der Waals surface area contributed by atoms with Gasteiger partial charge in [0.05, 0.1) is 18.0 Å². The van der Waals surface area contributed by atoms with Crippen molar-refractivity contribution in [2.24, 2.45) is 0 Å². The molecule has 0 saturated carbocycles. The van der Waals surface area contributed by atoms with Crippen molar-refractivity contribution in [1.82, 2.24) is 0 Å². The maximum Gasteiger partial charge on any atom is 0.154 e. The van der Waals surface area contributed by atoms with Crippen LogP contribution in [0.15, 0.2) is 18.2 Å². The number of nitrogen functional groups attached to an aromatic ring is 1. The fourth-order valence-corrected chi connectivity index (χ4v) is 1.18. The van der Waals surface area contributed by atoms with Crippen molar-refractivity contribution in [1.29, 1.82) is 0 Å². The van der Waals surface area contributed by atoms with E-state index in [9.17, 15) is 0 Å². The van der Waals surface area contributed by atoms with E-state index in [1.807, 2.05) is 18.2 Å². The Morgan fingerprint density at radius 2 is 2.31 bits per heavy atom. The second kappa shape index (κ2) is 4.77. The summed E-state index contributed by atoms with van der Waals surface area (Å²) in [5.41, 5.74) is 8.66. The van der Waals surface area contributed by atoms with Gasteiger partial charge in [-0.25, -0.2) is 0 Å². The minimum Gasteiger partial charge on any atom is -0.397 e. The first-order valence-electron chi connectivity index (χ1n) is 4.51. The van der Waals surface area contributed by atoms with Gasteiger partial charge in [0.1, 0.15) is 0 Å². The first kappa shape index (κ1) is 9.93. The minimum atomic E-state index is 0.120. The molecule has 13 heavy (non-hydrogen) atoms. The van der Waals surface area contributed by atoms with Crippen molar-refractivity contribution in [3.63, 3.8) is 0 Å². The number of hydrogen-bond acceptors (Lipinski definition) is 3. The Morgan fingerprint density at radius 3 is 2.85 bits per heavy atom. The lowest BCUT2D eigenvalue weighted by Crippen LogP contribution is -2.13. The Bertz CT molecular complexity index is 278. The fraction of sp³-hybridized carbons (Fsp3) is 0.333. The van der Waals surface area contributed by atoms with Crippen molar-refractivity contribution in [3.05, 3.63) is 18.2 Å². The largest absolute Gasteiger partial charge is 0.397 e. The van der Waals surface area contributed by atoms with Crippen molar-refractivity contribution in [3.8, 4) is 0 Å². The van der Waals surface area contributed by atoms with Crippen molar-refractivity contribution in [2.45, 2.75) is 6.82 Å². The van der Waals surface area contributed by atoms with Crippen LogP contribution in [0.4, 0.5) is 11.4 Å². The number of hydrogen-bond donors (Lipinski definition) is 3. The van der Waals surface area contributed by atoms with Crippen LogP contribution in [0.2, 0.25) is 6.82 Å². The zero-order valence-corrected chi connectivity index (χ0v) is 7.88. The second-order valence-corrected chi connectivity index (χ2v) is 2.93. The smallest absolute Gasteiger partial charge is 0.154 e. The molecule has 0 atom stereocenters. The van der Waals surface area contributed by atoms with Gasteiger partial charge in [-0.15, -0.1) is 0 Å². The predicted molar refractivity (Wildman–Crippen MR) is 59.1 cm³/mol. The normalized spacial score (nSPS) is 9.69. The Labute approximate surface area is 79.2 Å². The second-order valence-electron chi connectivity index (χ2n) is 2.93. The fourth-order valence-electron chi connectivity index (χ4n) is 1.18. The molecule has 0 aliphatic carbocycles. The summed E-state index contributed by atoms with van der Waals surface area (Å²) in [5, 5.41) is 11.7. The van der Waals surface area contributed by atoms with E-state index in [0.29, 0.717) is 6.54 Å². The van der Waals surface area contributed by atoms with Gasteiger partial charge in [0.15, 0.2) is 7.28 Å². The van der Waals surface area contributed by atoms with E-state index in [-0.39, 0.29) is 6.61 Å². The van der Waals surface area contributed by atoms with E-state index >= 15 is 0 Å². The number of nitrogens with one attached hydrogen (secondary N) is 1. The van der Waals surface area contributed by atoms with Gasteiger partial charge in [-0.05, 0) is 12.1 Å². The zero-order valence-electron chi connectivity index (χ0n) is 7.88. The molecule has 0 aliphatic rings. The lowest BCUT2D eigenvalue weighted by molar-refractivity contribution is 0.311. The molecule has 4 N–H and O–H groups in total. The van der Waals surface area contributed by atoms with Gasteiger partial charge in [-0.3, -0.25) is 0 Å². The van der Waals surface area contributed by atoms with Crippen LogP contribution in [-0.2, 0) is 0 Å². The number of nitrogens with two attached hydrogens (primary N) is 1. The maximum atomic E-state index is 8.62. The Kier molecular flexibility index (Phi) is 3.64. The monoisotopic (exact) mass is 178 g/mol. The first-order valence-corrected chi connectivity index (χ1v) is 4.51. The first-order chi connectivity index (χ1) is 6.27. The molecule has 1 aromatic carbocycles. The summed E-state index contributed by atoms with van der Waals surface area (Å²) in [6.07, 6.45) is 0. The average molecular weight is 178 g/mol. The molecule has 0 bridgehead atoms. The highest BCUT2D eigenvalue weighted by molar-refractivity contribution is 6.52. The predicted octanol–water partition coefficient (Wildman–Crippen LogP) is -0.217. The van der Waals surface area contributed by atoms with Crippen LogP contribution in [0.3, 0.4) is 0 Å². The van der Waals surface area contributed by atoms with Gasteiger partial charge in [0.2, 0.25) is 0 Å². The zero-order chi connectivity index (χ0) is 9.68. The van der Waals surface area contributed by atoms with Gasteiger partial charge in [-0.2, -0.15) is 0 Å². The highest BCUT2D eigenvalue weighted by Crippen LogP contribution is 2.14. The molecule has 0 aromatic heterocycles. The van der Waals surface area contributed by atoms with E-state index in [4.69, 9.17) is 10.8 Å². The van der Waals surface area contributed by atoms with Crippen LogP contribution < -0.4 is 16.5 Å². The summed E-state index contributed by atoms with van der Waals surface area (Å²) >= 11 is 0. The summed E-state index contributed by atoms with van der Waals surface area (Å²) in [5.74, 6) is 0. The Hall–Kier alpha value is -1.16. The molecule has 0 amide bonds. The van der Waals surface area contributed by atoms with E-state index < -0.39 is 0 Å². The molecule has 0 saturated heterocycles. The van der Waals surface area contributed by atoms with Gasteiger partial charge in [0, 0.05) is 6.54 Å². The number of aliphatic hydroxyl groups is 1. The maximum absolute atomic E-state index is 8.62. The number of benzene rings is 1. The van der Waals surface area contributed by atoms with Crippen molar-refractivity contribution < 1.29 is 5.11 Å². The summed E-state index contributed by atoms with van der Waals surface area (Å²) in [6.45, 7) is 2.75. The molecule has 0 aliphatic heterocycles. The van der Waals surface area contributed by atoms with Crippen molar-refractivity contribution in [2.75, 3.05) is 24.2 Å². The molecule has 70 valence electrons. The standard InChI is InChI=1S/C9H15BN2O/c1-10-7-2-3-9(8(11)6-7)12-4-5-13/h2-3,6,10,12-13H,4-5,11H2,1H3. The topological polar surface area (TPSA) is 58.3 Å². The molecule has 0 radical (unpaired) electrons. The molecule has 0 fully saturated rings. The highest BCUT2D eigenvalue weighted by Gasteiger charge is 1.98. The lowest BCUT2D eigenvalue weighted by Gasteiger charge is -2.08. The Balaban J connectivity index is 2.73. The van der Waals surface area contributed by atoms with Crippen LogP contribution in [0.1, 0.15) is 0 Å². The SMILES string of the molecule is CBc1ccc(NCCO)c(N)c1. The summed E-state index contributed by atoms with van der Waals surface area (Å²) < 4.78 is 0. The third kappa shape index (κ3) is 2.66. The average Bonchev–Trinajstić information content (AvgIpc) is 2.16.